The molecule has 0 aliphatic carbocycles. The maximum Gasteiger partial charge on any atom is 2.00 e. The minimum absolute atomic E-state index is 0. The number of rotatable bonds is 5. The maximum absolute atomic E-state index is 9.62. The third-order valence-electron chi connectivity index (χ3n) is 4.23. The average molecular weight is 453 g/mol. The fraction of sp³-hybridized carbons (Fsp3) is 0.348. The van der Waals surface area contributed by atoms with Crippen LogP contribution in [-0.2, 0) is 16.5 Å². The molecule has 164 valence electrons. The Labute approximate surface area is 189 Å². The molecule has 0 aliphatic rings. The van der Waals surface area contributed by atoms with Crippen LogP contribution in [0, 0.1) is 38.1 Å². The first-order valence-corrected chi connectivity index (χ1v) is 9.55. The van der Waals surface area contributed by atoms with E-state index in [1.165, 1.54) is 22.3 Å². The summed E-state index contributed by atoms with van der Waals surface area (Å²) in [4.78, 5) is 4.83. The van der Waals surface area contributed by atoms with Gasteiger partial charge in [-0.15, -0.1) is 5.69 Å². The molecule has 0 N–H and O–H groups in total. The van der Waals surface area contributed by atoms with Crippen LogP contribution in [0.15, 0.2) is 58.4 Å². The van der Waals surface area contributed by atoms with Crippen molar-refractivity contribution in [3.63, 3.8) is 0 Å². The second kappa shape index (κ2) is 13.5. The molecule has 2 aromatic carbocycles. The number of allylic oxidation sites excluding steroid dienone is 2. The molecule has 0 bridgehead atoms. The third-order valence-corrected chi connectivity index (χ3v) is 4.23. The van der Waals surface area contributed by atoms with Crippen LogP contribution in [0.4, 0.5) is 11.4 Å². The van der Waals surface area contributed by atoms with E-state index in [0.717, 1.165) is 22.8 Å². The molecule has 2 aromatic rings. The van der Waals surface area contributed by atoms with Crippen molar-refractivity contribution >= 4 is 17.1 Å². The zero-order valence-electron chi connectivity index (χ0n) is 18.7. The van der Waals surface area contributed by atoms with E-state index in [0.29, 0.717) is 0 Å². The summed E-state index contributed by atoms with van der Waals surface area (Å²) in [5.74, 6) is 0. The number of benzene rings is 2. The first-order valence-electron chi connectivity index (χ1n) is 9.55. The fourth-order valence-electron chi connectivity index (χ4n) is 2.74. The first kappa shape index (κ1) is 27.3. The summed E-state index contributed by atoms with van der Waals surface area (Å²) in [5.41, 5.74) is 8.83. The van der Waals surface area contributed by atoms with Gasteiger partial charge in [0.2, 0.25) is 0 Å². The van der Waals surface area contributed by atoms with Gasteiger partial charge in [0.05, 0.1) is 5.69 Å². The largest absolute Gasteiger partial charge is 2.00 e. The average Bonchev–Trinajstić information content (AvgIpc) is 2.67. The summed E-state index contributed by atoms with van der Waals surface area (Å²) < 4.78 is 0. The zero-order chi connectivity index (χ0) is 22.0. The van der Waals surface area contributed by atoms with Gasteiger partial charge in [-0.05, 0) is 57.9 Å². The first-order chi connectivity index (χ1) is 13.7. The SMILES string of the molecule is CC(/C=C(/C)[N-]c1c(C)cccc1C)=Nc1c(C)cccc1C.CC/[N+]([O-])=N/[O-].[Ni+2]. The predicted octanol–water partition coefficient (Wildman–Crippen LogP) is 7.09. The van der Waals surface area contributed by atoms with Crippen LogP contribution in [0.25, 0.3) is 5.32 Å². The van der Waals surface area contributed by atoms with Crippen molar-refractivity contribution in [3.05, 3.63) is 86.2 Å². The minimum Gasteiger partial charge on any atom is -0.739 e. The second-order valence-electron chi connectivity index (χ2n) is 6.88. The van der Waals surface area contributed by atoms with E-state index in [-0.39, 0.29) is 27.9 Å². The van der Waals surface area contributed by atoms with E-state index < -0.39 is 0 Å². The van der Waals surface area contributed by atoms with Crippen LogP contribution >= 0.6 is 0 Å². The molecule has 0 radical (unpaired) electrons. The van der Waals surface area contributed by atoms with Gasteiger partial charge in [-0.25, -0.2) is 0 Å². The number of aliphatic imine (C=N–C) groups is 1. The Bertz CT molecular complexity index is 881. The van der Waals surface area contributed by atoms with Crippen LogP contribution in [-0.4, -0.2) is 17.1 Å². The minimum atomic E-state index is 0. The van der Waals surface area contributed by atoms with Gasteiger partial charge >= 0.3 is 16.5 Å². The van der Waals surface area contributed by atoms with E-state index in [9.17, 15) is 5.21 Å². The smallest absolute Gasteiger partial charge is 0.739 e. The number of aryl methyl sites for hydroxylation is 4. The van der Waals surface area contributed by atoms with E-state index in [1.54, 1.807) is 6.92 Å². The molecular formula is C23H30N4NiO2. The number of hydrogen-bond donors (Lipinski definition) is 0. The molecule has 6 nitrogen and oxygen atoms in total. The molecule has 0 atom stereocenters. The summed E-state index contributed by atoms with van der Waals surface area (Å²) in [6, 6.07) is 12.5. The van der Waals surface area contributed by atoms with Crippen LogP contribution in [0.5, 0.6) is 0 Å². The van der Waals surface area contributed by atoms with Crippen molar-refractivity contribution in [2.75, 3.05) is 6.54 Å². The number of nitrogens with zero attached hydrogens (tertiary/aromatic N) is 4. The quantitative estimate of drug-likeness (QED) is 0.159. The zero-order valence-corrected chi connectivity index (χ0v) is 19.7. The Kier molecular flexibility index (Phi) is 12.3. The Morgan fingerprint density at radius 3 is 1.83 bits per heavy atom. The van der Waals surface area contributed by atoms with E-state index in [2.05, 4.69) is 64.1 Å². The normalized spacial score (nSPS) is 11.9. The van der Waals surface area contributed by atoms with E-state index in [1.807, 2.05) is 25.2 Å². The van der Waals surface area contributed by atoms with Gasteiger partial charge in [0.25, 0.3) is 0 Å². The van der Waals surface area contributed by atoms with Gasteiger partial charge in [-0.3, -0.25) is 4.99 Å². The third kappa shape index (κ3) is 8.79. The molecule has 30 heavy (non-hydrogen) atoms. The summed E-state index contributed by atoms with van der Waals surface area (Å²) in [6.07, 6.45) is 2.04. The van der Waals surface area contributed by atoms with E-state index in [4.69, 9.17) is 15.5 Å². The monoisotopic (exact) mass is 452 g/mol. The van der Waals surface area contributed by atoms with Gasteiger partial charge in [0, 0.05) is 5.71 Å². The Balaban J connectivity index is 0.00000105. The second-order valence-corrected chi connectivity index (χ2v) is 6.88. The van der Waals surface area contributed by atoms with Crippen LogP contribution in [0.3, 0.4) is 0 Å². The summed E-state index contributed by atoms with van der Waals surface area (Å²) in [7, 11) is 0. The predicted molar refractivity (Wildman–Crippen MR) is 121 cm³/mol. The summed E-state index contributed by atoms with van der Waals surface area (Å²) in [6.45, 7) is 14.1. The molecule has 0 aromatic heterocycles. The molecule has 0 heterocycles. The van der Waals surface area contributed by atoms with E-state index >= 15 is 0 Å². The van der Waals surface area contributed by atoms with Crippen molar-refractivity contribution in [2.24, 2.45) is 10.3 Å². The molecule has 0 aliphatic heterocycles. The van der Waals surface area contributed by atoms with Crippen molar-refractivity contribution in [1.82, 2.24) is 0 Å². The molecule has 0 spiro atoms. The van der Waals surface area contributed by atoms with Crippen LogP contribution in [0.2, 0.25) is 0 Å². The van der Waals surface area contributed by atoms with Crippen LogP contribution < -0.4 is 0 Å². The van der Waals surface area contributed by atoms with Gasteiger partial charge in [-0.1, -0.05) is 65.4 Å². The molecular weight excluding hydrogens is 423 g/mol. The number of hydroxylamine groups is 1. The molecule has 0 unspecified atom stereocenters. The molecule has 2 rings (SSSR count). The van der Waals surface area contributed by atoms with Crippen molar-refractivity contribution < 1.29 is 21.4 Å². The molecule has 7 heteroatoms. The van der Waals surface area contributed by atoms with Gasteiger partial charge < -0.3 is 15.7 Å². The Morgan fingerprint density at radius 2 is 1.43 bits per heavy atom. The van der Waals surface area contributed by atoms with Gasteiger partial charge in [0.15, 0.2) is 6.54 Å². The van der Waals surface area contributed by atoms with Gasteiger partial charge in [0.1, 0.15) is 0 Å². The van der Waals surface area contributed by atoms with Crippen molar-refractivity contribution in [2.45, 2.75) is 48.5 Å². The molecule has 0 saturated carbocycles. The topological polar surface area (TPSA) is 88.0 Å². The van der Waals surface area contributed by atoms with Crippen LogP contribution in [0.1, 0.15) is 43.0 Å². The molecule has 0 saturated heterocycles. The molecule has 0 fully saturated rings. The fourth-order valence-corrected chi connectivity index (χ4v) is 2.74. The molecule has 0 amide bonds. The summed E-state index contributed by atoms with van der Waals surface area (Å²) >= 11 is 0. The Hall–Kier alpha value is -2.66. The van der Waals surface area contributed by atoms with Gasteiger partial charge in [-0.2, -0.15) is 5.70 Å². The Morgan fingerprint density at radius 1 is 0.967 bits per heavy atom. The number of hydrogen-bond acceptors (Lipinski definition) is 4. The standard InChI is InChI=1S/C21H25N2.C2H6N2O2.Ni/c1-14-9-7-10-15(2)20(14)22-18(5)13-19(6)23-21-16(3)11-8-12-17(21)4;1-2-4(6)3-5;/h7-13H,1-6H3;5H,2H2,1H3;/q-1;;+2/p-1/b18-13-,23-19?;4-3-;. The number of para-hydroxylation sites is 2. The van der Waals surface area contributed by atoms with Crippen molar-refractivity contribution in [1.29, 1.82) is 0 Å². The maximum atomic E-state index is 9.62. The summed E-state index contributed by atoms with van der Waals surface area (Å²) in [5, 5.41) is 25.5. The van der Waals surface area contributed by atoms with Crippen molar-refractivity contribution in [3.8, 4) is 0 Å².